The number of pyridine rings is 1. The van der Waals surface area contributed by atoms with Crippen LogP contribution >= 0.6 is 22.9 Å². The Labute approximate surface area is 206 Å². The van der Waals surface area contributed by atoms with Crippen molar-refractivity contribution < 1.29 is 18.0 Å². The molecule has 0 bridgehead atoms. The molecule has 1 saturated heterocycles. The smallest absolute Gasteiger partial charge is 0.266 e. The number of halogens is 1. The number of aryl methyl sites for hydroxylation is 1. The van der Waals surface area contributed by atoms with Gasteiger partial charge in [-0.25, -0.2) is 13.4 Å². The maximum Gasteiger partial charge on any atom is 0.289 e. The van der Waals surface area contributed by atoms with Crippen molar-refractivity contribution in [3.63, 3.8) is 0 Å². The maximum atomic E-state index is 13.0. The van der Waals surface area contributed by atoms with Gasteiger partial charge in [-0.2, -0.15) is 4.31 Å². The zero-order valence-corrected chi connectivity index (χ0v) is 20.6. The lowest BCUT2D eigenvalue weighted by Gasteiger charge is -2.30. The molecule has 9 nitrogen and oxygen atoms in total. The van der Waals surface area contributed by atoms with Crippen molar-refractivity contribution >= 4 is 44.8 Å². The molecule has 3 heterocycles. The molecule has 1 aliphatic rings. The summed E-state index contributed by atoms with van der Waals surface area (Å²) in [6.07, 6.45) is 2.66. The predicted molar refractivity (Wildman–Crippen MR) is 128 cm³/mol. The number of benzene rings is 1. The number of piperidine rings is 1. The van der Waals surface area contributed by atoms with Gasteiger partial charge in [-0.05, 0) is 49.6 Å². The average molecular weight is 520 g/mol. The number of rotatable bonds is 5. The summed E-state index contributed by atoms with van der Waals surface area (Å²) in [6.45, 7) is 2.51. The summed E-state index contributed by atoms with van der Waals surface area (Å²) in [5, 5.41) is 2.80. The van der Waals surface area contributed by atoms with Crippen molar-refractivity contribution in [2.45, 2.75) is 30.6 Å². The van der Waals surface area contributed by atoms with Crippen LogP contribution in [-0.2, 0) is 10.0 Å². The van der Waals surface area contributed by atoms with Crippen molar-refractivity contribution in [3.8, 4) is 0 Å². The highest BCUT2D eigenvalue weighted by Gasteiger charge is 2.31. The van der Waals surface area contributed by atoms with Gasteiger partial charge in [0.1, 0.15) is 11.4 Å². The van der Waals surface area contributed by atoms with E-state index in [1.54, 1.807) is 29.6 Å². The summed E-state index contributed by atoms with van der Waals surface area (Å²) in [5.74, 6) is -1.03. The lowest BCUT2D eigenvalue weighted by Crippen LogP contribution is -2.42. The van der Waals surface area contributed by atoms with Crippen LogP contribution in [0.25, 0.3) is 0 Å². The number of nitrogens with zero attached hydrogens (tertiary/aromatic N) is 3. The number of hydrazine groups is 1. The molecule has 1 fully saturated rings. The first-order valence-corrected chi connectivity index (χ1v) is 13.2. The first-order valence-electron chi connectivity index (χ1n) is 10.5. The van der Waals surface area contributed by atoms with Crippen molar-refractivity contribution in [3.05, 3.63) is 75.0 Å². The molecular weight excluding hydrogens is 498 g/mol. The highest BCUT2D eigenvalue weighted by atomic mass is 35.5. The van der Waals surface area contributed by atoms with Crippen LogP contribution in [0.5, 0.6) is 0 Å². The summed E-state index contributed by atoms with van der Waals surface area (Å²) in [5.41, 5.74) is 5.83. The van der Waals surface area contributed by atoms with E-state index in [0.29, 0.717) is 31.0 Å². The molecule has 2 amide bonds. The van der Waals surface area contributed by atoms with Crippen molar-refractivity contribution in [2.24, 2.45) is 0 Å². The monoisotopic (exact) mass is 519 g/mol. The first kappa shape index (κ1) is 24.3. The Bertz CT molecular complexity index is 1310. The Morgan fingerprint density at radius 2 is 1.79 bits per heavy atom. The Balaban J connectivity index is 1.34. The van der Waals surface area contributed by atoms with E-state index in [2.05, 4.69) is 20.8 Å². The Morgan fingerprint density at radius 1 is 1.09 bits per heavy atom. The topological polar surface area (TPSA) is 121 Å². The molecule has 3 aromatic rings. The standard InChI is InChI=1S/C22H22ClN5O4S2/c1-14-5-6-16(12-17(14)23)34(31,32)28-10-7-15(8-11-28)22-25-19(13-33-22)21(30)27-26-20(29)18-4-2-3-9-24-18/h2-6,9,12-13,15H,7-8,10-11H2,1H3,(H,26,29)(H,27,30). The quantitative estimate of drug-likeness (QED) is 0.499. The largest absolute Gasteiger partial charge is 0.289 e. The minimum Gasteiger partial charge on any atom is -0.266 e. The summed E-state index contributed by atoms with van der Waals surface area (Å²) >= 11 is 7.45. The molecular formula is C22H22ClN5O4S2. The lowest BCUT2D eigenvalue weighted by atomic mass is 9.99. The zero-order chi connectivity index (χ0) is 24.3. The molecule has 12 heteroatoms. The normalized spacial score (nSPS) is 15.1. The molecule has 2 aromatic heterocycles. The number of hydrogen-bond donors (Lipinski definition) is 2. The molecule has 0 aliphatic carbocycles. The molecule has 4 rings (SSSR count). The minimum absolute atomic E-state index is 0.0442. The molecule has 34 heavy (non-hydrogen) atoms. The molecule has 0 unspecified atom stereocenters. The van der Waals surface area contributed by atoms with Gasteiger partial charge in [-0.3, -0.25) is 25.4 Å². The third-order valence-corrected chi connectivity index (χ3v) is 8.83. The van der Waals surface area contributed by atoms with Gasteiger partial charge in [0.05, 0.1) is 9.90 Å². The fourth-order valence-corrected chi connectivity index (χ4v) is 6.26. The summed E-state index contributed by atoms with van der Waals surface area (Å²) in [6, 6.07) is 9.63. The molecule has 0 radical (unpaired) electrons. The SMILES string of the molecule is Cc1ccc(S(=O)(=O)N2CCC(c3nc(C(=O)NNC(=O)c4ccccn4)cs3)CC2)cc1Cl. The van der Waals surface area contributed by atoms with E-state index in [1.807, 2.05) is 6.92 Å². The second-order valence-electron chi connectivity index (χ2n) is 7.78. The number of thiazole rings is 1. The highest BCUT2D eigenvalue weighted by Crippen LogP contribution is 2.33. The number of nitrogens with one attached hydrogen (secondary N) is 2. The summed E-state index contributed by atoms with van der Waals surface area (Å²) in [7, 11) is -3.63. The number of amides is 2. The number of aromatic nitrogens is 2. The summed E-state index contributed by atoms with van der Waals surface area (Å²) in [4.78, 5) is 32.9. The van der Waals surface area contributed by atoms with Gasteiger partial charge < -0.3 is 0 Å². The van der Waals surface area contributed by atoms with Gasteiger partial charge >= 0.3 is 0 Å². The maximum absolute atomic E-state index is 13.0. The fraction of sp³-hybridized carbons (Fsp3) is 0.273. The fourth-order valence-electron chi connectivity index (χ4n) is 3.54. The van der Waals surface area contributed by atoms with Crippen molar-refractivity contribution in [1.82, 2.24) is 25.1 Å². The molecule has 2 N–H and O–H groups in total. The molecule has 0 saturated carbocycles. The van der Waals surface area contributed by atoms with E-state index in [9.17, 15) is 18.0 Å². The number of hydrogen-bond acceptors (Lipinski definition) is 7. The van der Waals surface area contributed by atoms with Gasteiger partial charge in [0.15, 0.2) is 0 Å². The van der Waals surface area contributed by atoms with E-state index >= 15 is 0 Å². The van der Waals surface area contributed by atoms with E-state index in [0.717, 1.165) is 10.6 Å². The highest BCUT2D eigenvalue weighted by molar-refractivity contribution is 7.89. The summed E-state index contributed by atoms with van der Waals surface area (Å²) < 4.78 is 27.4. The third kappa shape index (κ3) is 5.27. The van der Waals surface area contributed by atoms with Crippen LogP contribution in [0.1, 0.15) is 50.3 Å². The Hall–Kier alpha value is -2.86. The first-order chi connectivity index (χ1) is 16.3. The number of sulfonamides is 1. The zero-order valence-electron chi connectivity index (χ0n) is 18.2. The minimum atomic E-state index is -3.63. The van der Waals surface area contributed by atoms with E-state index in [-0.39, 0.29) is 22.2 Å². The van der Waals surface area contributed by atoms with Crippen LogP contribution in [0.2, 0.25) is 5.02 Å². The Morgan fingerprint density at radius 3 is 2.44 bits per heavy atom. The molecule has 178 valence electrons. The van der Waals surface area contributed by atoms with Crippen LogP contribution in [0.3, 0.4) is 0 Å². The van der Waals surface area contributed by atoms with E-state index < -0.39 is 21.8 Å². The Kier molecular flexibility index (Phi) is 7.27. The predicted octanol–water partition coefficient (Wildman–Crippen LogP) is 3.14. The molecule has 0 atom stereocenters. The van der Waals surface area contributed by atoms with Gasteiger partial charge in [-0.1, -0.05) is 23.7 Å². The second kappa shape index (κ2) is 10.2. The molecule has 1 aliphatic heterocycles. The van der Waals surface area contributed by atoms with Crippen LogP contribution in [0.4, 0.5) is 0 Å². The molecule has 1 aromatic carbocycles. The average Bonchev–Trinajstić information content (AvgIpc) is 3.35. The van der Waals surface area contributed by atoms with Crippen LogP contribution < -0.4 is 10.9 Å². The molecule has 0 spiro atoms. The van der Waals surface area contributed by atoms with Gasteiger partial charge in [0.25, 0.3) is 11.8 Å². The number of carbonyl (C=O) groups excluding carboxylic acids is 2. The van der Waals surface area contributed by atoms with Gasteiger partial charge in [-0.15, -0.1) is 11.3 Å². The van der Waals surface area contributed by atoms with E-state index in [1.165, 1.54) is 34.0 Å². The van der Waals surface area contributed by atoms with Crippen molar-refractivity contribution in [1.29, 1.82) is 0 Å². The van der Waals surface area contributed by atoms with Crippen molar-refractivity contribution in [2.75, 3.05) is 13.1 Å². The van der Waals surface area contributed by atoms with Gasteiger partial charge in [0, 0.05) is 35.6 Å². The van der Waals surface area contributed by atoms with Crippen LogP contribution in [-0.4, -0.2) is 47.6 Å². The number of carbonyl (C=O) groups is 2. The van der Waals surface area contributed by atoms with E-state index in [4.69, 9.17) is 11.6 Å². The van der Waals surface area contributed by atoms with Crippen LogP contribution in [0.15, 0.2) is 52.9 Å². The van der Waals surface area contributed by atoms with Gasteiger partial charge in [0.2, 0.25) is 10.0 Å². The second-order valence-corrected chi connectivity index (χ2v) is 11.0. The van der Waals surface area contributed by atoms with Crippen LogP contribution in [0, 0.1) is 6.92 Å². The lowest BCUT2D eigenvalue weighted by molar-refractivity contribution is 0.0841. The third-order valence-electron chi connectivity index (χ3n) is 5.53.